The molecule has 0 saturated heterocycles. The smallest absolute Gasteiger partial charge is 0.744 e. The third kappa shape index (κ3) is 11.4. The van der Waals surface area contributed by atoms with Crippen LogP contribution in [-0.2, 0) is 30.4 Å². The Morgan fingerprint density at radius 1 is 0.596 bits per heavy atom. The maximum Gasteiger partial charge on any atom is 1.00 e. The molecule has 6 aromatic carbocycles. The molecule has 280 valence electrons. The minimum Gasteiger partial charge on any atom is -0.744 e. The number of nitrogens with zero attached hydrogens (tertiary/aromatic N) is 5. The fourth-order valence-corrected chi connectivity index (χ4v) is 7.29. The first-order valence-corrected chi connectivity index (χ1v) is 19.8. The molecule has 0 bridgehead atoms. The third-order valence-corrected chi connectivity index (χ3v) is 10.7. The number of benzene rings is 6. The number of anilines is 2. The first-order chi connectivity index (χ1) is 26.0. The summed E-state index contributed by atoms with van der Waals surface area (Å²) in [4.78, 5) is 8.88. The quantitative estimate of drug-likeness (QED) is 0.0464. The number of nitro benzene ring substituents is 1. The number of nitrogens with one attached hydrogen (secondary N) is 1. The topological polar surface area (TPSA) is 262 Å². The van der Waals surface area contributed by atoms with E-state index in [0.29, 0.717) is 23.1 Å². The van der Waals surface area contributed by atoms with Crippen molar-refractivity contribution in [3.8, 4) is 5.75 Å². The van der Waals surface area contributed by atoms with E-state index in [9.17, 15) is 44.5 Å². The summed E-state index contributed by atoms with van der Waals surface area (Å²) < 4.78 is 102. The molecular formula is C35H24N6Na2O11S3. The number of aryl methyl sites for hydroxylation is 1. The van der Waals surface area contributed by atoms with Gasteiger partial charge in [0.25, 0.3) is 5.69 Å². The van der Waals surface area contributed by atoms with Gasteiger partial charge in [-0.15, -0.1) is 5.11 Å². The average molecular weight is 847 g/mol. The molecule has 0 fully saturated rings. The van der Waals surface area contributed by atoms with Gasteiger partial charge in [-0.2, -0.15) is 23.8 Å². The number of azo groups is 2. The maximum atomic E-state index is 12.6. The van der Waals surface area contributed by atoms with E-state index in [1.54, 1.807) is 12.1 Å². The normalized spacial score (nSPS) is 11.9. The van der Waals surface area contributed by atoms with Gasteiger partial charge < -0.3 is 18.6 Å². The van der Waals surface area contributed by atoms with Crippen molar-refractivity contribution < 1.29 is 103 Å². The molecule has 0 unspecified atom stereocenters. The van der Waals surface area contributed by atoms with Crippen LogP contribution in [-0.4, -0.2) is 39.3 Å². The summed E-state index contributed by atoms with van der Waals surface area (Å²) in [5.74, 6) is 0.0408. The Balaban J connectivity index is 0.00000360. The van der Waals surface area contributed by atoms with E-state index in [-0.39, 0.29) is 97.6 Å². The molecule has 1 N–H and O–H groups in total. The fourth-order valence-electron chi connectivity index (χ4n) is 5.04. The summed E-state index contributed by atoms with van der Waals surface area (Å²) in [6.07, 6.45) is 0. The van der Waals surface area contributed by atoms with E-state index < -0.39 is 50.8 Å². The largest absolute Gasteiger partial charge is 1.00 e. The van der Waals surface area contributed by atoms with E-state index >= 15 is 0 Å². The molecule has 0 radical (unpaired) electrons. The molecule has 17 nitrogen and oxygen atoms in total. The summed E-state index contributed by atoms with van der Waals surface area (Å²) in [5, 5.41) is 30.6. The summed E-state index contributed by atoms with van der Waals surface area (Å²) in [5.41, 5.74) is 1.43. The van der Waals surface area contributed by atoms with Gasteiger partial charge in [-0.1, -0.05) is 17.7 Å². The second-order valence-electron chi connectivity index (χ2n) is 11.6. The van der Waals surface area contributed by atoms with Crippen LogP contribution in [0, 0.1) is 17.0 Å². The predicted octanol–water partition coefficient (Wildman–Crippen LogP) is 2.21. The summed E-state index contributed by atoms with van der Waals surface area (Å²) in [6.45, 7) is 1.83. The number of nitro groups is 1. The van der Waals surface area contributed by atoms with Crippen LogP contribution in [0.3, 0.4) is 0 Å². The number of non-ortho nitro benzene ring substituents is 1. The van der Waals surface area contributed by atoms with Gasteiger partial charge in [0.2, 0.25) is 0 Å². The molecule has 0 aliphatic carbocycles. The Labute approximate surface area is 370 Å². The standard InChI is InChI=1S/C35H26N6O11S3.2Na/c1-22-2-14-29(15-3-22)55(50,51)52-28-12-8-25(9-13-28)37-39-26-10-16-30-31(20-26)34(53(44,45)46)19-18-32(30)40-38-24-6-4-23(5-7-24)36-33-17-11-27(41(42)43)21-35(33)54(47,48)49;;/h2-21,36H,1H3,(H,44,45,46)(H,47,48,49);;/q;2*+1/p-2. The Hall–Kier alpha value is -4.45. The monoisotopic (exact) mass is 846 g/mol. The Morgan fingerprint density at radius 2 is 1.16 bits per heavy atom. The minimum atomic E-state index is -5.06. The first kappa shape index (κ1) is 45.3. The molecule has 0 aliphatic rings. The molecule has 0 aliphatic heterocycles. The SMILES string of the molecule is Cc1ccc(S(=O)(=O)Oc2ccc(N=Nc3ccc4c(N=Nc5ccc(Nc6ccc([N+](=O)[O-])cc6S(=O)(=O)[O-])cc5)ccc(S(=O)(=O)[O-])c4c3)cc2)cc1.[Na+].[Na+]. The number of hydrogen-bond donors (Lipinski definition) is 1. The van der Waals surface area contributed by atoms with Gasteiger partial charge in [0.1, 0.15) is 30.9 Å². The predicted molar refractivity (Wildman–Crippen MR) is 196 cm³/mol. The summed E-state index contributed by atoms with van der Waals surface area (Å²) in [6, 6.07) is 27.3. The van der Waals surface area contributed by atoms with Gasteiger partial charge >= 0.3 is 69.2 Å². The molecule has 6 aromatic rings. The third-order valence-electron chi connectivity index (χ3n) is 7.70. The number of rotatable bonds is 12. The molecule has 0 amide bonds. The van der Waals surface area contributed by atoms with Crippen LogP contribution >= 0.6 is 0 Å². The van der Waals surface area contributed by atoms with Crippen LogP contribution in [0.4, 0.5) is 39.8 Å². The summed E-state index contributed by atoms with van der Waals surface area (Å²) >= 11 is 0. The molecule has 0 saturated carbocycles. The molecule has 0 heterocycles. The van der Waals surface area contributed by atoms with E-state index in [1.807, 2.05) is 6.92 Å². The van der Waals surface area contributed by atoms with Crippen LogP contribution in [0.2, 0.25) is 0 Å². The molecule has 0 atom stereocenters. The van der Waals surface area contributed by atoms with Crippen LogP contribution in [0.5, 0.6) is 5.75 Å². The zero-order valence-electron chi connectivity index (χ0n) is 30.0. The second kappa shape index (κ2) is 18.4. The van der Waals surface area contributed by atoms with Gasteiger partial charge in [-0.05, 0) is 104 Å². The molecule has 0 spiro atoms. The average Bonchev–Trinajstić information content (AvgIpc) is 3.13. The zero-order valence-corrected chi connectivity index (χ0v) is 36.4. The Morgan fingerprint density at radius 3 is 1.75 bits per heavy atom. The van der Waals surface area contributed by atoms with Crippen LogP contribution < -0.4 is 68.6 Å². The molecule has 57 heavy (non-hydrogen) atoms. The van der Waals surface area contributed by atoms with Crippen molar-refractivity contribution in [2.24, 2.45) is 20.5 Å². The van der Waals surface area contributed by atoms with E-state index in [2.05, 4.69) is 25.8 Å². The Bertz CT molecular complexity index is 2860. The number of hydrogen-bond acceptors (Lipinski definition) is 16. The fraction of sp³-hybridized carbons (Fsp3) is 0.0286. The molecular weight excluding hydrogens is 823 g/mol. The van der Waals surface area contributed by atoms with Crippen LogP contribution in [0.15, 0.2) is 156 Å². The van der Waals surface area contributed by atoms with Crippen molar-refractivity contribution in [2.75, 3.05) is 5.32 Å². The number of fused-ring (bicyclic) bond motifs is 1. The van der Waals surface area contributed by atoms with Crippen LogP contribution in [0.1, 0.15) is 5.56 Å². The van der Waals surface area contributed by atoms with Gasteiger partial charge in [0.05, 0.1) is 43.2 Å². The summed E-state index contributed by atoms with van der Waals surface area (Å²) in [7, 11) is -14.1. The second-order valence-corrected chi connectivity index (χ2v) is 15.8. The van der Waals surface area contributed by atoms with Crippen molar-refractivity contribution in [1.29, 1.82) is 0 Å². The van der Waals surface area contributed by atoms with Gasteiger partial charge in [0, 0.05) is 28.6 Å². The maximum absolute atomic E-state index is 12.6. The van der Waals surface area contributed by atoms with Crippen LogP contribution in [0.25, 0.3) is 10.8 Å². The first-order valence-electron chi connectivity index (χ1n) is 15.6. The minimum absolute atomic E-state index is 0. The van der Waals surface area contributed by atoms with Crippen molar-refractivity contribution in [1.82, 2.24) is 0 Å². The van der Waals surface area contributed by atoms with Crippen molar-refractivity contribution >= 4 is 80.9 Å². The van der Waals surface area contributed by atoms with Crippen molar-refractivity contribution in [3.05, 3.63) is 137 Å². The zero-order chi connectivity index (χ0) is 39.5. The van der Waals surface area contributed by atoms with Crippen molar-refractivity contribution in [3.63, 3.8) is 0 Å². The van der Waals surface area contributed by atoms with E-state index in [4.69, 9.17) is 4.18 Å². The van der Waals surface area contributed by atoms with E-state index in [0.717, 1.165) is 23.8 Å². The Kier molecular flexibility index (Phi) is 14.6. The van der Waals surface area contributed by atoms with Gasteiger partial charge in [-0.3, -0.25) is 10.1 Å². The molecule has 22 heteroatoms. The van der Waals surface area contributed by atoms with Crippen molar-refractivity contribution in [2.45, 2.75) is 21.6 Å². The van der Waals surface area contributed by atoms with Gasteiger partial charge in [0.15, 0.2) is 0 Å². The molecule has 6 rings (SSSR count). The van der Waals surface area contributed by atoms with Gasteiger partial charge in [-0.25, -0.2) is 16.8 Å². The van der Waals surface area contributed by atoms with E-state index in [1.165, 1.54) is 84.9 Å². The molecule has 0 aromatic heterocycles.